The van der Waals surface area contributed by atoms with Gasteiger partial charge in [0, 0.05) is 7.05 Å². The highest BCUT2D eigenvalue weighted by atomic mass is 15.1. The van der Waals surface area contributed by atoms with Gasteiger partial charge in [-0.05, 0) is 18.9 Å². The largest absolute Gasteiger partial charge is 0.395 e. The maximum absolute atomic E-state index is 5.96. The molecule has 0 spiro atoms. The summed E-state index contributed by atoms with van der Waals surface area (Å²) in [6, 6.07) is 0. The monoisotopic (exact) mass is 202 g/mol. The number of aromatic nitrogens is 2. The van der Waals surface area contributed by atoms with Crippen LogP contribution in [0.15, 0.2) is 18.2 Å². The summed E-state index contributed by atoms with van der Waals surface area (Å²) < 4.78 is 0. The Kier molecular flexibility index (Phi) is 2.41. The summed E-state index contributed by atoms with van der Waals surface area (Å²) in [7, 11) is 1.80. The third-order valence-electron chi connectivity index (χ3n) is 2.44. The molecule has 0 unspecified atom stereocenters. The van der Waals surface area contributed by atoms with Crippen molar-refractivity contribution in [3.05, 3.63) is 29.6 Å². The summed E-state index contributed by atoms with van der Waals surface area (Å²) in [5, 5.41) is 2.93. The molecule has 0 bridgehead atoms. The summed E-state index contributed by atoms with van der Waals surface area (Å²) >= 11 is 0. The minimum Gasteiger partial charge on any atom is -0.395 e. The van der Waals surface area contributed by atoms with Crippen molar-refractivity contribution in [1.82, 2.24) is 9.97 Å². The van der Waals surface area contributed by atoms with Gasteiger partial charge in [0.2, 0.25) is 5.95 Å². The second kappa shape index (κ2) is 3.73. The molecule has 0 aliphatic heterocycles. The number of nitrogen functional groups attached to an aromatic ring is 1. The molecule has 1 aromatic rings. The van der Waals surface area contributed by atoms with E-state index in [1.165, 1.54) is 0 Å². The number of rotatable bonds is 2. The van der Waals surface area contributed by atoms with Gasteiger partial charge in [-0.2, -0.15) is 0 Å². The Morgan fingerprint density at radius 3 is 2.80 bits per heavy atom. The second-order valence-corrected chi connectivity index (χ2v) is 3.47. The molecular weight excluding hydrogens is 188 g/mol. The lowest BCUT2D eigenvalue weighted by Gasteiger charge is -2.10. The molecule has 0 amide bonds. The molecule has 0 saturated heterocycles. The minimum absolute atomic E-state index is 0.615. The van der Waals surface area contributed by atoms with E-state index in [1.54, 1.807) is 7.05 Å². The van der Waals surface area contributed by atoms with Crippen LogP contribution in [-0.4, -0.2) is 17.0 Å². The van der Waals surface area contributed by atoms with E-state index in [0.29, 0.717) is 11.6 Å². The first-order valence-corrected chi connectivity index (χ1v) is 4.90. The van der Waals surface area contributed by atoms with Crippen LogP contribution in [-0.2, 0) is 0 Å². The molecule has 0 atom stereocenters. The summed E-state index contributed by atoms with van der Waals surface area (Å²) in [6.07, 6.45) is 7.04. The Morgan fingerprint density at radius 1 is 1.40 bits per heavy atom. The quantitative estimate of drug-likeness (QED) is 0.767. The molecule has 78 valence electrons. The molecule has 0 saturated carbocycles. The van der Waals surface area contributed by atoms with Gasteiger partial charge in [0.15, 0.2) is 0 Å². The van der Waals surface area contributed by atoms with Crippen molar-refractivity contribution in [2.24, 2.45) is 0 Å². The van der Waals surface area contributed by atoms with Crippen LogP contribution in [0.3, 0.4) is 0 Å². The van der Waals surface area contributed by atoms with Gasteiger partial charge in [-0.3, -0.25) is 0 Å². The highest BCUT2D eigenvalue weighted by molar-refractivity contribution is 5.77. The lowest BCUT2D eigenvalue weighted by Crippen LogP contribution is -2.06. The number of aryl methyl sites for hydroxylation is 1. The Morgan fingerprint density at radius 2 is 2.20 bits per heavy atom. The fourth-order valence-electron chi connectivity index (χ4n) is 1.56. The van der Waals surface area contributed by atoms with E-state index in [1.807, 2.05) is 19.1 Å². The first-order chi connectivity index (χ1) is 7.22. The zero-order valence-corrected chi connectivity index (χ0v) is 8.91. The number of nitrogens with one attached hydrogen (secondary N) is 1. The molecule has 0 fully saturated rings. The van der Waals surface area contributed by atoms with Gasteiger partial charge >= 0.3 is 0 Å². The van der Waals surface area contributed by atoms with Crippen molar-refractivity contribution in [2.75, 3.05) is 18.1 Å². The van der Waals surface area contributed by atoms with Gasteiger partial charge in [-0.15, -0.1) is 0 Å². The predicted octanol–water partition coefficient (Wildman–Crippen LogP) is 1.75. The third-order valence-corrected chi connectivity index (χ3v) is 2.44. The fraction of sp³-hybridized carbons (Fsp3) is 0.273. The normalized spacial score (nSPS) is 14.1. The predicted molar refractivity (Wildman–Crippen MR) is 62.5 cm³/mol. The van der Waals surface area contributed by atoms with Crippen LogP contribution in [0.2, 0.25) is 0 Å². The smallest absolute Gasteiger partial charge is 0.223 e. The van der Waals surface area contributed by atoms with Crippen molar-refractivity contribution in [1.29, 1.82) is 0 Å². The lowest BCUT2D eigenvalue weighted by molar-refractivity contribution is 1.08. The topological polar surface area (TPSA) is 63.8 Å². The minimum atomic E-state index is 0.615. The molecular formula is C11H14N4. The summed E-state index contributed by atoms with van der Waals surface area (Å²) in [5.41, 5.74) is 9.44. The first-order valence-electron chi connectivity index (χ1n) is 4.90. The third kappa shape index (κ3) is 1.70. The van der Waals surface area contributed by atoms with Gasteiger partial charge in [0.1, 0.15) is 0 Å². The highest BCUT2D eigenvalue weighted by Gasteiger charge is 2.12. The lowest BCUT2D eigenvalue weighted by atomic mass is 10.1. The number of hydrogen-bond acceptors (Lipinski definition) is 4. The summed E-state index contributed by atoms with van der Waals surface area (Å²) in [5.74, 6) is 0.615. The van der Waals surface area contributed by atoms with Crippen LogP contribution in [0.5, 0.6) is 0 Å². The molecule has 3 N–H and O–H groups in total. The number of anilines is 2. The van der Waals surface area contributed by atoms with Gasteiger partial charge < -0.3 is 11.1 Å². The van der Waals surface area contributed by atoms with E-state index in [2.05, 4.69) is 21.4 Å². The maximum Gasteiger partial charge on any atom is 0.223 e. The fourth-order valence-corrected chi connectivity index (χ4v) is 1.56. The van der Waals surface area contributed by atoms with Crippen molar-refractivity contribution >= 4 is 17.2 Å². The number of nitrogens with zero attached hydrogens (tertiary/aromatic N) is 2. The molecule has 4 nitrogen and oxygen atoms in total. The summed E-state index contributed by atoms with van der Waals surface area (Å²) in [6.45, 7) is 1.89. The van der Waals surface area contributed by atoms with Gasteiger partial charge in [0.05, 0.1) is 17.1 Å². The summed E-state index contributed by atoms with van der Waals surface area (Å²) in [4.78, 5) is 8.61. The molecule has 4 heteroatoms. The van der Waals surface area contributed by atoms with E-state index in [0.717, 1.165) is 23.4 Å². The number of hydrogen-bond donors (Lipinski definition) is 2. The first kappa shape index (κ1) is 9.71. The maximum atomic E-state index is 5.96. The van der Waals surface area contributed by atoms with Gasteiger partial charge in [-0.25, -0.2) is 9.97 Å². The van der Waals surface area contributed by atoms with Crippen molar-refractivity contribution < 1.29 is 0 Å². The van der Waals surface area contributed by atoms with Gasteiger partial charge in [0.25, 0.3) is 0 Å². The van der Waals surface area contributed by atoms with E-state index in [9.17, 15) is 0 Å². The SMILES string of the molecule is CNc1nc(C)c(N)c(C2=CC=CC2)n1. The average Bonchev–Trinajstić information content (AvgIpc) is 2.75. The molecule has 0 radical (unpaired) electrons. The molecule has 1 aliphatic rings. The van der Waals surface area contributed by atoms with E-state index in [-0.39, 0.29) is 0 Å². The molecule has 1 aromatic heterocycles. The van der Waals surface area contributed by atoms with Crippen LogP contribution in [0.1, 0.15) is 17.8 Å². The molecule has 1 heterocycles. The molecule has 2 rings (SSSR count). The Hall–Kier alpha value is -1.84. The number of nitrogens with two attached hydrogens (primary N) is 1. The molecule has 15 heavy (non-hydrogen) atoms. The van der Waals surface area contributed by atoms with Crippen LogP contribution in [0, 0.1) is 6.92 Å². The van der Waals surface area contributed by atoms with E-state index >= 15 is 0 Å². The Balaban J connectivity index is 2.50. The second-order valence-electron chi connectivity index (χ2n) is 3.47. The van der Waals surface area contributed by atoms with E-state index < -0.39 is 0 Å². The Bertz CT molecular complexity index is 446. The van der Waals surface area contributed by atoms with Crippen LogP contribution >= 0.6 is 0 Å². The van der Waals surface area contributed by atoms with Crippen LogP contribution < -0.4 is 11.1 Å². The van der Waals surface area contributed by atoms with Crippen LogP contribution in [0.4, 0.5) is 11.6 Å². The zero-order valence-electron chi connectivity index (χ0n) is 8.91. The van der Waals surface area contributed by atoms with Crippen molar-refractivity contribution in [3.63, 3.8) is 0 Å². The average molecular weight is 202 g/mol. The molecule has 0 aromatic carbocycles. The van der Waals surface area contributed by atoms with Gasteiger partial charge in [-0.1, -0.05) is 18.2 Å². The van der Waals surface area contributed by atoms with Crippen LogP contribution in [0.25, 0.3) is 5.57 Å². The molecule has 1 aliphatic carbocycles. The zero-order chi connectivity index (χ0) is 10.8. The highest BCUT2D eigenvalue weighted by Crippen LogP contribution is 2.28. The van der Waals surface area contributed by atoms with Crippen molar-refractivity contribution in [3.8, 4) is 0 Å². The van der Waals surface area contributed by atoms with Crippen molar-refractivity contribution in [2.45, 2.75) is 13.3 Å². The van der Waals surface area contributed by atoms with E-state index in [4.69, 9.17) is 5.73 Å². The number of allylic oxidation sites excluding steroid dienone is 4. The standard InChI is InChI=1S/C11H14N4/c1-7-9(12)10(8-5-3-4-6-8)15-11(13-2)14-7/h3-5H,6,12H2,1-2H3,(H,13,14,15). The Labute approximate surface area is 88.9 Å².